The van der Waals surface area contributed by atoms with E-state index in [9.17, 15) is 25.2 Å². The van der Waals surface area contributed by atoms with Crippen LogP contribution >= 0.6 is 0 Å². The van der Waals surface area contributed by atoms with Crippen molar-refractivity contribution in [2.75, 3.05) is 6.61 Å². The van der Waals surface area contributed by atoms with E-state index in [1.807, 2.05) is 0 Å². The van der Waals surface area contributed by atoms with Gasteiger partial charge < -0.3 is 25.7 Å². The Bertz CT molecular complexity index is 970. The Morgan fingerprint density at radius 3 is 0.984 bits per heavy atom. The summed E-state index contributed by atoms with van der Waals surface area (Å²) in [6.45, 7) is 4.09. The molecule has 0 saturated heterocycles. The van der Waals surface area contributed by atoms with E-state index in [2.05, 4.69) is 43.5 Å². The van der Waals surface area contributed by atoms with E-state index in [4.69, 9.17) is 0 Å². The number of hydrogen-bond acceptors (Lipinski definition) is 5. The van der Waals surface area contributed by atoms with Crippen LogP contribution in [0.25, 0.3) is 0 Å². The van der Waals surface area contributed by atoms with Crippen LogP contribution in [0.2, 0.25) is 0 Å². The Kier molecular flexibility index (Phi) is 51.8. The van der Waals surface area contributed by atoms with Crippen LogP contribution in [-0.2, 0) is 4.79 Å². The number of carbonyl (C=O) groups excluding carboxylic acids is 1. The van der Waals surface area contributed by atoms with Crippen molar-refractivity contribution >= 4 is 5.91 Å². The van der Waals surface area contributed by atoms with Gasteiger partial charge in [-0.05, 0) is 44.9 Å². The molecule has 0 bridgehead atoms. The van der Waals surface area contributed by atoms with Gasteiger partial charge in [0.15, 0.2) is 0 Å². The second kappa shape index (κ2) is 52.8. The van der Waals surface area contributed by atoms with Gasteiger partial charge in [-0.3, -0.25) is 4.79 Å². The molecule has 0 aliphatic heterocycles. The van der Waals surface area contributed by atoms with Gasteiger partial charge in [0.25, 0.3) is 0 Å². The predicted octanol–water partition coefficient (Wildman–Crippen LogP) is 16.6. The molecule has 4 unspecified atom stereocenters. The number of nitrogens with one attached hydrogen (secondary N) is 1. The molecule has 0 rings (SSSR count). The first-order chi connectivity index (χ1) is 31.5. The maximum absolute atomic E-state index is 12.6. The Balaban J connectivity index is 3.63. The fourth-order valence-electron chi connectivity index (χ4n) is 9.14. The van der Waals surface area contributed by atoms with Crippen LogP contribution in [-0.4, -0.2) is 57.3 Å². The van der Waals surface area contributed by atoms with Crippen LogP contribution in [0.4, 0.5) is 0 Å². The average molecular weight is 905 g/mol. The molecule has 0 aromatic heterocycles. The maximum Gasteiger partial charge on any atom is 0.249 e. The molecule has 6 heteroatoms. The van der Waals surface area contributed by atoms with Gasteiger partial charge >= 0.3 is 0 Å². The summed E-state index contributed by atoms with van der Waals surface area (Å²) in [5, 5.41) is 44.0. The van der Waals surface area contributed by atoms with E-state index in [-0.39, 0.29) is 0 Å². The highest BCUT2D eigenvalue weighted by molar-refractivity contribution is 5.80. The number of allylic oxidation sites excluding steroid dienone is 4. The van der Waals surface area contributed by atoms with Crippen molar-refractivity contribution in [2.45, 2.75) is 334 Å². The fraction of sp³-hybridized carbons (Fsp3) is 0.914. The molecule has 380 valence electrons. The molecule has 4 atom stereocenters. The molecule has 64 heavy (non-hydrogen) atoms. The number of aliphatic hydroxyl groups excluding tert-OH is 4. The van der Waals surface area contributed by atoms with Crippen LogP contribution in [0.5, 0.6) is 0 Å². The molecule has 5 N–H and O–H groups in total. The number of amides is 1. The Hall–Kier alpha value is -1.21. The minimum atomic E-state index is -1.26. The molecule has 6 nitrogen and oxygen atoms in total. The third-order valence-corrected chi connectivity index (χ3v) is 13.7. The number of carbonyl (C=O) groups is 1. The molecular formula is C58H113NO5. The van der Waals surface area contributed by atoms with Crippen LogP contribution in [0.1, 0.15) is 309 Å². The molecule has 0 aliphatic carbocycles. The van der Waals surface area contributed by atoms with Gasteiger partial charge in [0.05, 0.1) is 18.8 Å². The van der Waals surface area contributed by atoms with E-state index >= 15 is 0 Å². The largest absolute Gasteiger partial charge is 0.394 e. The number of unbranched alkanes of at least 4 members (excludes halogenated alkanes) is 40. The highest BCUT2D eigenvalue weighted by Crippen LogP contribution is 2.18. The van der Waals surface area contributed by atoms with Gasteiger partial charge in [-0.1, -0.05) is 289 Å². The van der Waals surface area contributed by atoms with E-state index in [1.54, 1.807) is 0 Å². The summed E-state index contributed by atoms with van der Waals surface area (Å²) >= 11 is 0. The van der Waals surface area contributed by atoms with Crippen LogP contribution < -0.4 is 5.32 Å². The third kappa shape index (κ3) is 45.9. The Morgan fingerprint density at radius 1 is 0.391 bits per heavy atom. The summed E-state index contributed by atoms with van der Waals surface area (Å²) in [5.74, 6) is -0.584. The fourth-order valence-corrected chi connectivity index (χ4v) is 9.14. The summed E-state index contributed by atoms with van der Waals surface area (Å²) in [6.07, 6.45) is 63.8. The lowest BCUT2D eigenvalue weighted by Gasteiger charge is -2.27. The molecule has 0 aliphatic rings. The van der Waals surface area contributed by atoms with E-state index < -0.39 is 36.9 Å². The average Bonchev–Trinajstić information content (AvgIpc) is 3.30. The molecule has 0 aromatic carbocycles. The minimum Gasteiger partial charge on any atom is -0.394 e. The highest BCUT2D eigenvalue weighted by Gasteiger charge is 2.28. The van der Waals surface area contributed by atoms with Crippen molar-refractivity contribution in [3.8, 4) is 0 Å². The third-order valence-electron chi connectivity index (χ3n) is 13.7. The van der Waals surface area contributed by atoms with Crippen LogP contribution in [0, 0.1) is 0 Å². The molecular weight excluding hydrogens is 791 g/mol. The summed E-state index contributed by atoms with van der Waals surface area (Å²) in [7, 11) is 0. The summed E-state index contributed by atoms with van der Waals surface area (Å²) in [6, 6.07) is -0.988. The first-order valence-corrected chi connectivity index (χ1v) is 28.7. The molecule has 0 heterocycles. The first kappa shape index (κ1) is 62.8. The Labute approximate surface area is 399 Å². The molecule has 0 fully saturated rings. The number of aliphatic hydroxyl groups is 4. The molecule has 0 spiro atoms. The van der Waals surface area contributed by atoms with Crippen molar-refractivity contribution < 1.29 is 25.2 Å². The maximum atomic E-state index is 12.6. The van der Waals surface area contributed by atoms with Crippen LogP contribution in [0.15, 0.2) is 24.3 Å². The lowest BCUT2D eigenvalue weighted by Crippen LogP contribution is -2.53. The number of rotatable bonds is 53. The van der Waals surface area contributed by atoms with Gasteiger partial charge in [-0.15, -0.1) is 0 Å². The monoisotopic (exact) mass is 904 g/mol. The smallest absolute Gasteiger partial charge is 0.249 e. The normalized spacial score (nSPS) is 13.9. The topological polar surface area (TPSA) is 110 Å². The SMILES string of the molecule is CCCCCCCCCCC/C=C\C/C=C\CCCCCCCCCCC(O)C(=O)NC(CO)C(O)C(O)CCCCCCCCCCCCCCCCCCCCCCCCCC. The van der Waals surface area contributed by atoms with Gasteiger partial charge in [0.2, 0.25) is 5.91 Å². The summed E-state index contributed by atoms with van der Waals surface area (Å²) in [5.41, 5.74) is 0. The van der Waals surface area contributed by atoms with E-state index in [0.717, 1.165) is 44.9 Å². The second-order valence-electron chi connectivity index (χ2n) is 20.0. The zero-order valence-electron chi connectivity index (χ0n) is 43.0. The van der Waals surface area contributed by atoms with Crippen molar-refractivity contribution in [3.63, 3.8) is 0 Å². The first-order valence-electron chi connectivity index (χ1n) is 28.7. The molecule has 0 radical (unpaired) electrons. The quantitative estimate of drug-likeness (QED) is 0.0308. The number of hydrogen-bond donors (Lipinski definition) is 5. The van der Waals surface area contributed by atoms with Gasteiger partial charge in [0.1, 0.15) is 12.2 Å². The molecule has 0 aromatic rings. The molecule has 1 amide bonds. The zero-order valence-corrected chi connectivity index (χ0v) is 43.0. The standard InChI is InChI=1S/C58H113NO5/c1-3-5-7-9-11-13-15-17-19-21-23-25-27-29-31-33-35-37-39-41-43-45-47-49-51-55(61)57(63)54(53-60)59-58(64)56(62)52-50-48-46-44-42-40-38-36-34-32-30-28-26-24-22-20-18-16-14-12-10-8-6-4-2/h24,26,30,32,54-57,60-63H,3-23,25,27-29,31,33-53H2,1-2H3,(H,59,64)/b26-24-,32-30-. The van der Waals surface area contributed by atoms with E-state index in [1.165, 1.54) is 238 Å². The Morgan fingerprint density at radius 2 is 0.672 bits per heavy atom. The lowest BCUT2D eigenvalue weighted by atomic mass is 9.99. The predicted molar refractivity (Wildman–Crippen MR) is 279 cm³/mol. The van der Waals surface area contributed by atoms with Gasteiger partial charge in [-0.2, -0.15) is 0 Å². The van der Waals surface area contributed by atoms with E-state index in [0.29, 0.717) is 12.8 Å². The van der Waals surface area contributed by atoms with Gasteiger partial charge in [-0.25, -0.2) is 0 Å². The molecule has 0 saturated carbocycles. The van der Waals surface area contributed by atoms with Crippen molar-refractivity contribution in [1.29, 1.82) is 0 Å². The van der Waals surface area contributed by atoms with Crippen molar-refractivity contribution in [2.24, 2.45) is 0 Å². The lowest BCUT2D eigenvalue weighted by molar-refractivity contribution is -0.132. The van der Waals surface area contributed by atoms with Gasteiger partial charge in [0, 0.05) is 0 Å². The minimum absolute atomic E-state index is 0.364. The van der Waals surface area contributed by atoms with Crippen LogP contribution in [0.3, 0.4) is 0 Å². The summed E-state index contributed by atoms with van der Waals surface area (Å²) in [4.78, 5) is 12.6. The zero-order chi connectivity index (χ0) is 46.7. The van der Waals surface area contributed by atoms with Crippen molar-refractivity contribution in [3.05, 3.63) is 24.3 Å². The van der Waals surface area contributed by atoms with Crippen molar-refractivity contribution in [1.82, 2.24) is 5.32 Å². The highest BCUT2D eigenvalue weighted by atomic mass is 16.3. The summed E-state index contributed by atoms with van der Waals surface area (Å²) < 4.78 is 0. The second-order valence-corrected chi connectivity index (χ2v) is 20.0.